The predicted octanol–water partition coefficient (Wildman–Crippen LogP) is 3.53. The fourth-order valence-corrected chi connectivity index (χ4v) is 2.10. The predicted molar refractivity (Wildman–Crippen MR) is 69.2 cm³/mol. The Kier molecular flexibility index (Phi) is 6.59. The quantitative estimate of drug-likeness (QED) is 0.319. The van der Waals surface area contributed by atoms with E-state index in [2.05, 4.69) is 38.6 Å². The van der Waals surface area contributed by atoms with Gasteiger partial charge in [-0.2, -0.15) is 0 Å². The van der Waals surface area contributed by atoms with Crippen LogP contribution < -0.4 is 0 Å². The monoisotopic (exact) mass is 266 g/mol. The third-order valence-corrected chi connectivity index (χ3v) is 7.66. The number of carbonyl (C=O) groups excluding carboxylic acids is 1. The molecule has 0 aliphatic rings. The second kappa shape index (κ2) is 6.62. The van der Waals surface area contributed by atoms with Crippen LogP contribution in [0.5, 0.6) is 0 Å². The van der Waals surface area contributed by atoms with Crippen molar-refractivity contribution in [1.82, 2.24) is 0 Å². The van der Waals surface area contributed by atoms with Gasteiger partial charge in [-0.3, -0.25) is 4.79 Å². The van der Waals surface area contributed by atoms with E-state index < -0.39 is 8.32 Å². The molecule has 0 aliphatic carbocycles. The Morgan fingerprint density at radius 2 is 1.88 bits per heavy atom. The Labute approximate surface area is 105 Å². The molecule has 0 aromatic rings. The summed E-state index contributed by atoms with van der Waals surface area (Å²) in [5.74, 6) is -0.256. The van der Waals surface area contributed by atoms with Crippen LogP contribution in [0, 0.1) is 0 Å². The largest absolute Gasteiger partial charge is 0.449 e. The fraction of sp³-hybridized carbons (Fsp3) is 0.909. The molecular formula is C11H23ClO3Si. The topological polar surface area (TPSA) is 35.5 Å². The maximum absolute atomic E-state index is 11.0. The average Bonchev–Trinajstić information content (AvgIpc) is 2.11. The standard InChI is InChI=1S/C11H23ClO3Si/c1-11(2,3)16(4,5)15-8-6-7-10(13)14-9-12/h6-9H2,1-5H3. The maximum atomic E-state index is 11.0. The Morgan fingerprint density at radius 3 is 2.31 bits per heavy atom. The number of halogens is 1. The summed E-state index contributed by atoms with van der Waals surface area (Å²) < 4.78 is 10.5. The van der Waals surface area contributed by atoms with E-state index >= 15 is 0 Å². The molecule has 0 aliphatic heterocycles. The van der Waals surface area contributed by atoms with E-state index in [-0.39, 0.29) is 17.1 Å². The molecule has 0 aromatic heterocycles. The summed E-state index contributed by atoms with van der Waals surface area (Å²) in [5.41, 5.74) is 0. The van der Waals surface area contributed by atoms with Crippen LogP contribution in [0.4, 0.5) is 0 Å². The molecule has 0 saturated heterocycles. The minimum Gasteiger partial charge on any atom is -0.449 e. The molecule has 0 N–H and O–H groups in total. The molecule has 3 nitrogen and oxygen atoms in total. The van der Waals surface area contributed by atoms with E-state index in [1.165, 1.54) is 0 Å². The van der Waals surface area contributed by atoms with Crippen LogP contribution in [0.25, 0.3) is 0 Å². The smallest absolute Gasteiger partial charge is 0.307 e. The van der Waals surface area contributed by atoms with Gasteiger partial charge in [-0.15, -0.1) is 0 Å². The van der Waals surface area contributed by atoms with Crippen molar-refractivity contribution in [2.24, 2.45) is 0 Å². The van der Waals surface area contributed by atoms with E-state index in [1.807, 2.05) is 0 Å². The number of hydrogen-bond acceptors (Lipinski definition) is 3. The van der Waals surface area contributed by atoms with Crippen molar-refractivity contribution >= 4 is 25.9 Å². The van der Waals surface area contributed by atoms with Crippen LogP contribution in [0.15, 0.2) is 0 Å². The van der Waals surface area contributed by atoms with Gasteiger partial charge in [-0.05, 0) is 24.6 Å². The summed E-state index contributed by atoms with van der Waals surface area (Å²) in [7, 11) is -1.67. The van der Waals surface area contributed by atoms with Crippen molar-refractivity contribution < 1.29 is 14.0 Å². The summed E-state index contributed by atoms with van der Waals surface area (Å²) in [6.45, 7) is 11.6. The molecule has 0 unspecified atom stereocenters. The molecule has 0 bridgehead atoms. The average molecular weight is 267 g/mol. The molecule has 0 heterocycles. The number of rotatable bonds is 6. The summed E-state index contributed by atoms with van der Waals surface area (Å²) in [4.78, 5) is 11.0. The molecular weight excluding hydrogens is 244 g/mol. The lowest BCUT2D eigenvalue weighted by Crippen LogP contribution is -2.41. The second-order valence-corrected chi connectivity index (χ2v) is 10.4. The zero-order chi connectivity index (χ0) is 12.8. The van der Waals surface area contributed by atoms with Crippen LogP contribution in [-0.4, -0.2) is 27.0 Å². The van der Waals surface area contributed by atoms with Gasteiger partial charge in [0, 0.05) is 13.0 Å². The molecule has 0 fully saturated rings. The molecule has 0 aromatic carbocycles. The third kappa shape index (κ3) is 5.87. The highest BCUT2D eigenvalue weighted by Gasteiger charge is 2.36. The van der Waals surface area contributed by atoms with Crippen molar-refractivity contribution in [2.45, 2.75) is 51.7 Å². The Balaban J connectivity index is 3.78. The Hall–Kier alpha value is -0.0631. The van der Waals surface area contributed by atoms with Crippen molar-refractivity contribution in [2.75, 3.05) is 12.7 Å². The number of alkyl halides is 1. The molecule has 0 saturated carbocycles. The number of carbonyl (C=O) groups is 1. The van der Waals surface area contributed by atoms with E-state index in [9.17, 15) is 4.79 Å². The van der Waals surface area contributed by atoms with Gasteiger partial charge in [-0.1, -0.05) is 32.4 Å². The summed E-state index contributed by atoms with van der Waals surface area (Å²) in [6.07, 6.45) is 1.07. The van der Waals surface area contributed by atoms with Gasteiger partial charge in [-0.25, -0.2) is 0 Å². The van der Waals surface area contributed by atoms with Gasteiger partial charge in [0.05, 0.1) is 0 Å². The summed E-state index contributed by atoms with van der Waals surface area (Å²) in [5, 5.41) is 0.212. The Bertz CT molecular complexity index is 224. The lowest BCUT2D eigenvalue weighted by molar-refractivity contribution is -0.141. The first kappa shape index (κ1) is 15.9. The molecule has 96 valence electrons. The number of hydrogen-bond donors (Lipinski definition) is 0. The van der Waals surface area contributed by atoms with Gasteiger partial charge in [0.15, 0.2) is 14.4 Å². The van der Waals surface area contributed by atoms with E-state index in [0.717, 1.165) is 0 Å². The van der Waals surface area contributed by atoms with Gasteiger partial charge in [0.25, 0.3) is 0 Å². The lowest BCUT2D eigenvalue weighted by Gasteiger charge is -2.36. The first-order valence-electron chi connectivity index (χ1n) is 5.56. The van der Waals surface area contributed by atoms with Gasteiger partial charge < -0.3 is 9.16 Å². The van der Waals surface area contributed by atoms with Crippen LogP contribution in [0.3, 0.4) is 0 Å². The summed E-state index contributed by atoms with van der Waals surface area (Å²) in [6, 6.07) is -0.0675. The Morgan fingerprint density at radius 1 is 1.31 bits per heavy atom. The highest BCUT2D eigenvalue weighted by Crippen LogP contribution is 2.36. The van der Waals surface area contributed by atoms with Crippen LogP contribution in [-0.2, 0) is 14.0 Å². The van der Waals surface area contributed by atoms with Crippen LogP contribution >= 0.6 is 11.6 Å². The molecule has 0 amide bonds. The van der Waals surface area contributed by atoms with Crippen molar-refractivity contribution in [3.05, 3.63) is 0 Å². The minimum atomic E-state index is -1.67. The zero-order valence-corrected chi connectivity index (χ0v) is 12.7. The lowest BCUT2D eigenvalue weighted by atomic mass is 10.2. The van der Waals surface area contributed by atoms with Crippen molar-refractivity contribution in [3.63, 3.8) is 0 Å². The van der Waals surface area contributed by atoms with Crippen molar-refractivity contribution in [1.29, 1.82) is 0 Å². The first-order valence-corrected chi connectivity index (χ1v) is 9.00. The van der Waals surface area contributed by atoms with E-state index in [4.69, 9.17) is 16.0 Å². The number of esters is 1. The zero-order valence-electron chi connectivity index (χ0n) is 10.9. The van der Waals surface area contributed by atoms with Crippen molar-refractivity contribution in [3.8, 4) is 0 Å². The third-order valence-electron chi connectivity index (χ3n) is 3.01. The molecule has 0 atom stereocenters. The van der Waals surface area contributed by atoms with E-state index in [1.54, 1.807) is 0 Å². The molecule has 16 heavy (non-hydrogen) atoms. The highest BCUT2D eigenvalue weighted by atomic mass is 35.5. The van der Waals surface area contributed by atoms with Gasteiger partial charge >= 0.3 is 5.97 Å². The normalized spacial score (nSPS) is 12.6. The molecule has 0 radical (unpaired) electrons. The molecule has 5 heteroatoms. The van der Waals surface area contributed by atoms with E-state index in [0.29, 0.717) is 19.4 Å². The molecule has 0 spiro atoms. The summed E-state index contributed by atoms with van der Waals surface area (Å²) >= 11 is 5.27. The van der Waals surface area contributed by atoms with Crippen LogP contribution in [0.2, 0.25) is 18.1 Å². The maximum Gasteiger partial charge on any atom is 0.307 e. The molecule has 0 rings (SSSR count). The van der Waals surface area contributed by atoms with Crippen LogP contribution in [0.1, 0.15) is 33.6 Å². The second-order valence-electron chi connectivity index (χ2n) is 5.34. The highest BCUT2D eigenvalue weighted by molar-refractivity contribution is 6.74. The van der Waals surface area contributed by atoms with Gasteiger partial charge in [0.1, 0.15) is 0 Å². The first-order chi connectivity index (χ1) is 7.20. The minimum absolute atomic E-state index is 0.0675. The SMILES string of the molecule is CC(C)(C)[Si](C)(C)OCCCC(=O)OCCl. The fourth-order valence-electron chi connectivity index (χ4n) is 0.893. The number of ether oxygens (including phenoxy) is 1. The van der Waals surface area contributed by atoms with Gasteiger partial charge in [0.2, 0.25) is 0 Å².